The van der Waals surface area contributed by atoms with Crippen LogP contribution in [-0.2, 0) is 19.6 Å². The van der Waals surface area contributed by atoms with Gasteiger partial charge in [-0.05, 0) is 35.9 Å². The Kier molecular flexibility index (Phi) is 7.35. The Balaban J connectivity index is 1.44. The third kappa shape index (κ3) is 6.10. The van der Waals surface area contributed by atoms with Crippen molar-refractivity contribution < 1.29 is 18.4 Å². The van der Waals surface area contributed by atoms with Crippen molar-refractivity contribution in [3.05, 3.63) is 126 Å². The van der Waals surface area contributed by atoms with Crippen molar-refractivity contribution in [2.45, 2.75) is 19.6 Å². The van der Waals surface area contributed by atoms with Gasteiger partial charge in [-0.25, -0.2) is 9.18 Å². The van der Waals surface area contributed by atoms with Gasteiger partial charge in [0.25, 0.3) is 5.91 Å². The zero-order valence-corrected chi connectivity index (χ0v) is 18.4. The molecule has 4 aromatic rings. The van der Waals surface area contributed by atoms with E-state index in [2.05, 4.69) is 10.6 Å². The summed E-state index contributed by atoms with van der Waals surface area (Å²) >= 11 is 0. The van der Waals surface area contributed by atoms with Crippen LogP contribution in [0.2, 0.25) is 0 Å². The molecule has 0 saturated carbocycles. The molecule has 0 atom stereocenters. The fraction of sp³-hybridized carbons (Fsp3) is 0.111. The van der Waals surface area contributed by atoms with E-state index in [1.165, 1.54) is 6.07 Å². The monoisotopic (exact) mass is 457 g/mol. The highest BCUT2D eigenvalue weighted by Crippen LogP contribution is 2.16. The molecule has 1 aromatic heterocycles. The van der Waals surface area contributed by atoms with Crippen LogP contribution in [-0.4, -0.2) is 16.8 Å². The first-order valence-electron chi connectivity index (χ1n) is 10.8. The standard InChI is InChI=1S/C27H24FN3O3/c28-24-14-8-7-11-21(24)17-29-26(32)25-16-15-23(34-25)19-31(18-20-9-3-1-4-10-20)27(33)30-22-12-5-2-6-13-22/h1-16H,17-19H2,(H,29,32)(H,30,33). The number of urea groups is 1. The Morgan fingerprint density at radius 3 is 2.21 bits per heavy atom. The second-order valence-electron chi connectivity index (χ2n) is 7.68. The molecule has 6 nitrogen and oxygen atoms in total. The SMILES string of the molecule is O=C(NCc1ccccc1F)c1ccc(CN(Cc2ccccc2)C(=O)Nc2ccccc2)o1. The van der Waals surface area contributed by atoms with E-state index in [1.807, 2.05) is 60.7 Å². The number of benzene rings is 3. The number of nitrogens with zero attached hydrogens (tertiary/aromatic N) is 1. The number of carbonyl (C=O) groups is 2. The fourth-order valence-corrected chi connectivity index (χ4v) is 3.40. The smallest absolute Gasteiger partial charge is 0.322 e. The summed E-state index contributed by atoms with van der Waals surface area (Å²) in [5, 5.41) is 5.54. The summed E-state index contributed by atoms with van der Waals surface area (Å²) in [4.78, 5) is 27.1. The van der Waals surface area contributed by atoms with Crippen LogP contribution in [0.25, 0.3) is 0 Å². The number of hydrogen-bond donors (Lipinski definition) is 2. The van der Waals surface area contributed by atoms with Crippen LogP contribution < -0.4 is 10.6 Å². The quantitative estimate of drug-likeness (QED) is 0.363. The molecular weight excluding hydrogens is 433 g/mol. The number of rotatable bonds is 8. The Bertz CT molecular complexity index is 1240. The van der Waals surface area contributed by atoms with Gasteiger partial charge in [0.05, 0.1) is 6.54 Å². The minimum Gasteiger partial charge on any atom is -0.454 e. The highest BCUT2D eigenvalue weighted by Gasteiger charge is 2.18. The van der Waals surface area contributed by atoms with E-state index in [-0.39, 0.29) is 30.7 Å². The molecule has 0 fully saturated rings. The first kappa shape index (κ1) is 22.8. The zero-order valence-electron chi connectivity index (χ0n) is 18.4. The lowest BCUT2D eigenvalue weighted by Gasteiger charge is -2.22. The summed E-state index contributed by atoms with van der Waals surface area (Å²) in [6.07, 6.45) is 0. The highest BCUT2D eigenvalue weighted by molar-refractivity contribution is 5.91. The lowest BCUT2D eigenvalue weighted by Crippen LogP contribution is -2.34. The molecule has 4 rings (SSSR count). The van der Waals surface area contributed by atoms with Crippen LogP contribution >= 0.6 is 0 Å². The van der Waals surface area contributed by atoms with Crippen LogP contribution in [0.3, 0.4) is 0 Å². The van der Waals surface area contributed by atoms with Crippen LogP contribution in [0.4, 0.5) is 14.9 Å². The van der Waals surface area contributed by atoms with Gasteiger partial charge in [-0.3, -0.25) is 4.79 Å². The number of amides is 3. The third-order valence-corrected chi connectivity index (χ3v) is 5.16. The molecule has 7 heteroatoms. The largest absolute Gasteiger partial charge is 0.454 e. The highest BCUT2D eigenvalue weighted by atomic mass is 19.1. The van der Waals surface area contributed by atoms with E-state index < -0.39 is 5.91 Å². The predicted molar refractivity (Wildman–Crippen MR) is 127 cm³/mol. The second-order valence-corrected chi connectivity index (χ2v) is 7.68. The van der Waals surface area contributed by atoms with E-state index in [1.54, 1.807) is 35.2 Å². The Labute approximate surface area is 197 Å². The minimum absolute atomic E-state index is 0.0428. The van der Waals surface area contributed by atoms with Crippen molar-refractivity contribution in [1.82, 2.24) is 10.2 Å². The van der Waals surface area contributed by atoms with E-state index in [9.17, 15) is 14.0 Å². The third-order valence-electron chi connectivity index (χ3n) is 5.16. The van der Waals surface area contributed by atoms with Gasteiger partial charge in [-0.1, -0.05) is 66.7 Å². The molecule has 0 aliphatic rings. The van der Waals surface area contributed by atoms with E-state index in [0.717, 1.165) is 5.56 Å². The molecule has 0 unspecified atom stereocenters. The molecule has 172 valence electrons. The lowest BCUT2D eigenvalue weighted by atomic mass is 10.2. The zero-order chi connectivity index (χ0) is 23.8. The van der Waals surface area contributed by atoms with Gasteiger partial charge in [0, 0.05) is 24.3 Å². The number of nitrogens with one attached hydrogen (secondary N) is 2. The molecule has 0 aliphatic carbocycles. The molecule has 0 aliphatic heterocycles. The first-order valence-corrected chi connectivity index (χ1v) is 10.8. The first-order chi connectivity index (χ1) is 16.6. The summed E-state index contributed by atoms with van der Waals surface area (Å²) in [6.45, 7) is 0.560. The molecule has 3 amide bonds. The summed E-state index contributed by atoms with van der Waals surface area (Å²) < 4.78 is 19.5. The van der Waals surface area contributed by atoms with Crippen molar-refractivity contribution in [3.63, 3.8) is 0 Å². The maximum Gasteiger partial charge on any atom is 0.322 e. The number of para-hydroxylation sites is 1. The number of hydrogen-bond acceptors (Lipinski definition) is 3. The van der Waals surface area contributed by atoms with E-state index >= 15 is 0 Å². The number of carbonyl (C=O) groups excluding carboxylic acids is 2. The average molecular weight is 458 g/mol. The summed E-state index contributed by atoms with van der Waals surface area (Å²) in [6, 6.07) is 27.9. The molecule has 0 bridgehead atoms. The molecular formula is C27H24FN3O3. The van der Waals surface area contributed by atoms with Gasteiger partial charge >= 0.3 is 6.03 Å². The fourth-order valence-electron chi connectivity index (χ4n) is 3.40. The normalized spacial score (nSPS) is 10.5. The molecule has 0 spiro atoms. The van der Waals surface area contributed by atoms with Crippen LogP contribution in [0.15, 0.2) is 101 Å². The molecule has 2 N–H and O–H groups in total. The second kappa shape index (κ2) is 11.0. The Morgan fingerprint density at radius 1 is 0.794 bits per heavy atom. The van der Waals surface area contributed by atoms with E-state index in [0.29, 0.717) is 23.6 Å². The van der Waals surface area contributed by atoms with Gasteiger partial charge < -0.3 is 20.0 Å². The van der Waals surface area contributed by atoms with Gasteiger partial charge in [-0.15, -0.1) is 0 Å². The molecule has 1 heterocycles. The van der Waals surface area contributed by atoms with Gasteiger partial charge in [0.15, 0.2) is 5.76 Å². The molecule has 0 radical (unpaired) electrons. The summed E-state index contributed by atoms with van der Waals surface area (Å²) in [7, 11) is 0. The van der Waals surface area contributed by atoms with Crippen molar-refractivity contribution in [3.8, 4) is 0 Å². The Hall–Kier alpha value is -4.39. The molecule has 34 heavy (non-hydrogen) atoms. The van der Waals surface area contributed by atoms with E-state index in [4.69, 9.17) is 4.42 Å². The average Bonchev–Trinajstić information content (AvgIpc) is 3.33. The Morgan fingerprint density at radius 2 is 1.47 bits per heavy atom. The summed E-state index contributed by atoms with van der Waals surface area (Å²) in [5.41, 5.74) is 2.02. The number of anilines is 1. The minimum atomic E-state index is -0.460. The molecule has 0 saturated heterocycles. The van der Waals surface area contributed by atoms with Crippen molar-refractivity contribution in [1.29, 1.82) is 0 Å². The number of furan rings is 1. The lowest BCUT2D eigenvalue weighted by molar-refractivity contribution is 0.0919. The maximum atomic E-state index is 13.8. The van der Waals surface area contributed by atoms with Crippen molar-refractivity contribution >= 4 is 17.6 Å². The molecule has 3 aromatic carbocycles. The topological polar surface area (TPSA) is 74.6 Å². The van der Waals surface area contributed by atoms with Crippen LogP contribution in [0.1, 0.15) is 27.4 Å². The van der Waals surface area contributed by atoms with Crippen molar-refractivity contribution in [2.24, 2.45) is 0 Å². The van der Waals surface area contributed by atoms with Crippen molar-refractivity contribution in [2.75, 3.05) is 5.32 Å². The van der Waals surface area contributed by atoms with Gasteiger partial charge in [0.1, 0.15) is 11.6 Å². The van der Waals surface area contributed by atoms with Gasteiger partial charge in [-0.2, -0.15) is 0 Å². The number of halogens is 1. The van der Waals surface area contributed by atoms with Crippen LogP contribution in [0.5, 0.6) is 0 Å². The predicted octanol–water partition coefficient (Wildman–Crippen LogP) is 5.58. The van der Waals surface area contributed by atoms with Crippen LogP contribution in [0, 0.1) is 5.82 Å². The van der Waals surface area contributed by atoms with Gasteiger partial charge in [0.2, 0.25) is 0 Å². The summed E-state index contributed by atoms with van der Waals surface area (Å²) in [5.74, 6) is -0.300. The maximum absolute atomic E-state index is 13.8.